The van der Waals surface area contributed by atoms with Crippen LogP contribution in [0.4, 0.5) is 0 Å². The molecule has 2 saturated heterocycles. The van der Waals surface area contributed by atoms with E-state index in [-0.39, 0.29) is 5.92 Å². The summed E-state index contributed by atoms with van der Waals surface area (Å²) in [6.45, 7) is 5.07. The predicted octanol–water partition coefficient (Wildman–Crippen LogP) is -1.30. The number of ether oxygens (including phenoxy) is 1. The van der Waals surface area contributed by atoms with Crippen molar-refractivity contribution in [3.8, 4) is 0 Å². The van der Waals surface area contributed by atoms with Crippen molar-refractivity contribution >= 4 is 9.84 Å². The van der Waals surface area contributed by atoms with Crippen molar-refractivity contribution in [1.82, 2.24) is 10.2 Å². The van der Waals surface area contributed by atoms with Crippen molar-refractivity contribution in [2.75, 3.05) is 57.4 Å². The Morgan fingerprint density at radius 2 is 2.11 bits per heavy atom. The van der Waals surface area contributed by atoms with Crippen LogP contribution in [0.3, 0.4) is 0 Å². The van der Waals surface area contributed by atoms with Crippen molar-refractivity contribution in [1.29, 1.82) is 0 Å². The maximum absolute atomic E-state index is 11.3. The topological polar surface area (TPSA) is 78.9 Å². The van der Waals surface area contributed by atoms with Crippen LogP contribution in [0.5, 0.6) is 0 Å². The summed E-state index contributed by atoms with van der Waals surface area (Å²) >= 11 is 0. The number of aliphatic hydroxyl groups excluding tert-OH is 1. The number of sulfone groups is 1. The molecular formula is C12H24N2O4S. The number of aliphatic hydroxyl groups is 1. The highest BCUT2D eigenvalue weighted by Gasteiger charge is 2.27. The maximum Gasteiger partial charge on any atom is 0.150 e. The van der Waals surface area contributed by atoms with Crippen molar-refractivity contribution in [3.05, 3.63) is 0 Å². The second-order valence-corrected chi connectivity index (χ2v) is 7.72. The Labute approximate surface area is 115 Å². The number of hydrogen-bond donors (Lipinski definition) is 2. The summed E-state index contributed by atoms with van der Waals surface area (Å²) in [4.78, 5) is 2.19. The number of nitrogens with zero attached hydrogens (tertiary/aromatic N) is 1. The molecule has 0 aromatic rings. The van der Waals surface area contributed by atoms with E-state index in [2.05, 4.69) is 10.2 Å². The molecule has 112 valence electrons. The first-order chi connectivity index (χ1) is 9.05. The van der Waals surface area contributed by atoms with Crippen LogP contribution in [0, 0.1) is 5.92 Å². The zero-order chi connectivity index (χ0) is 13.7. The van der Waals surface area contributed by atoms with Gasteiger partial charge in [0.1, 0.15) is 0 Å². The lowest BCUT2D eigenvalue weighted by Crippen LogP contribution is -2.44. The van der Waals surface area contributed by atoms with Gasteiger partial charge in [-0.05, 0) is 18.9 Å². The fraction of sp³-hybridized carbons (Fsp3) is 1.00. The summed E-state index contributed by atoms with van der Waals surface area (Å²) < 4.78 is 27.9. The monoisotopic (exact) mass is 292 g/mol. The molecule has 2 N–H and O–H groups in total. The second kappa shape index (κ2) is 6.99. The van der Waals surface area contributed by atoms with E-state index in [4.69, 9.17) is 4.74 Å². The largest absolute Gasteiger partial charge is 0.390 e. The highest BCUT2D eigenvalue weighted by atomic mass is 32.2. The van der Waals surface area contributed by atoms with Crippen LogP contribution in [0.2, 0.25) is 0 Å². The van der Waals surface area contributed by atoms with E-state index in [9.17, 15) is 13.5 Å². The second-order valence-electron chi connectivity index (χ2n) is 5.49. The van der Waals surface area contributed by atoms with Crippen LogP contribution in [0.15, 0.2) is 0 Å². The average molecular weight is 292 g/mol. The third-order valence-corrected chi connectivity index (χ3v) is 5.55. The van der Waals surface area contributed by atoms with E-state index in [1.165, 1.54) is 0 Å². The third kappa shape index (κ3) is 5.35. The fourth-order valence-corrected chi connectivity index (χ4v) is 4.50. The summed E-state index contributed by atoms with van der Waals surface area (Å²) in [5.74, 6) is 0.815. The molecule has 2 aliphatic rings. The minimum atomic E-state index is -2.79. The van der Waals surface area contributed by atoms with Gasteiger partial charge in [-0.3, -0.25) is 4.90 Å². The predicted molar refractivity (Wildman–Crippen MR) is 72.9 cm³/mol. The summed E-state index contributed by atoms with van der Waals surface area (Å²) in [7, 11) is -2.79. The van der Waals surface area contributed by atoms with Crippen molar-refractivity contribution < 1.29 is 18.3 Å². The molecule has 2 atom stereocenters. The Balaban J connectivity index is 1.57. The van der Waals surface area contributed by atoms with Gasteiger partial charge in [0.15, 0.2) is 9.84 Å². The summed E-state index contributed by atoms with van der Waals surface area (Å²) in [5, 5.41) is 13.1. The van der Waals surface area contributed by atoms with Crippen molar-refractivity contribution in [2.24, 2.45) is 5.92 Å². The Morgan fingerprint density at radius 1 is 1.37 bits per heavy atom. The molecule has 0 saturated carbocycles. The molecule has 2 rings (SSSR count). The quantitative estimate of drug-likeness (QED) is 0.634. The van der Waals surface area contributed by atoms with Gasteiger partial charge in [0.25, 0.3) is 0 Å². The highest BCUT2D eigenvalue weighted by Crippen LogP contribution is 2.17. The molecule has 7 heteroatoms. The molecule has 0 radical (unpaired) electrons. The first-order valence-electron chi connectivity index (χ1n) is 6.94. The molecule has 0 aliphatic carbocycles. The summed E-state index contributed by atoms with van der Waals surface area (Å²) in [6, 6.07) is 0. The van der Waals surface area contributed by atoms with Gasteiger partial charge >= 0.3 is 0 Å². The summed E-state index contributed by atoms with van der Waals surface area (Å²) in [6.07, 6.45) is 0.339. The number of β-amino-alcohol motifs (C(OH)–C–C–N with tert-alkyl or cyclic N) is 1. The van der Waals surface area contributed by atoms with Crippen LogP contribution in [-0.4, -0.2) is 82.0 Å². The van der Waals surface area contributed by atoms with Crippen LogP contribution < -0.4 is 5.32 Å². The van der Waals surface area contributed by atoms with Gasteiger partial charge in [-0.15, -0.1) is 0 Å². The molecule has 0 spiro atoms. The zero-order valence-corrected chi connectivity index (χ0v) is 12.1. The molecule has 2 unspecified atom stereocenters. The number of morpholine rings is 1. The standard InChI is InChI=1S/C12H24N2O4S/c15-12(9-14-2-4-18-5-3-14)8-13-7-11-1-6-19(16,17)10-11/h11-13,15H,1-10H2. The Morgan fingerprint density at radius 3 is 2.74 bits per heavy atom. The zero-order valence-electron chi connectivity index (χ0n) is 11.3. The van der Waals surface area contributed by atoms with E-state index < -0.39 is 15.9 Å². The number of rotatable bonds is 6. The minimum Gasteiger partial charge on any atom is -0.390 e. The van der Waals surface area contributed by atoms with Gasteiger partial charge in [0.2, 0.25) is 0 Å². The van der Waals surface area contributed by atoms with E-state index in [0.717, 1.165) is 32.7 Å². The molecule has 19 heavy (non-hydrogen) atoms. The number of hydrogen-bond acceptors (Lipinski definition) is 6. The molecular weight excluding hydrogens is 268 g/mol. The van der Waals surface area contributed by atoms with Gasteiger partial charge in [-0.1, -0.05) is 0 Å². The first kappa shape index (κ1) is 15.2. The van der Waals surface area contributed by atoms with Crippen LogP contribution in [0.1, 0.15) is 6.42 Å². The lowest BCUT2D eigenvalue weighted by molar-refractivity contribution is 0.0148. The molecule has 2 fully saturated rings. The molecule has 6 nitrogen and oxygen atoms in total. The Hall–Kier alpha value is -0.210. The normalized spacial score (nSPS) is 29.4. The molecule has 2 heterocycles. The van der Waals surface area contributed by atoms with Crippen LogP contribution in [-0.2, 0) is 14.6 Å². The van der Waals surface area contributed by atoms with Gasteiger partial charge in [0.05, 0.1) is 30.8 Å². The molecule has 0 bridgehead atoms. The van der Waals surface area contributed by atoms with Crippen molar-refractivity contribution in [2.45, 2.75) is 12.5 Å². The first-order valence-corrected chi connectivity index (χ1v) is 8.76. The van der Waals surface area contributed by atoms with Gasteiger partial charge in [-0.2, -0.15) is 0 Å². The van der Waals surface area contributed by atoms with E-state index in [0.29, 0.717) is 31.1 Å². The van der Waals surface area contributed by atoms with Gasteiger partial charge in [-0.25, -0.2) is 8.42 Å². The van der Waals surface area contributed by atoms with E-state index in [1.54, 1.807) is 0 Å². The lowest BCUT2D eigenvalue weighted by Gasteiger charge is -2.28. The highest BCUT2D eigenvalue weighted by molar-refractivity contribution is 7.91. The van der Waals surface area contributed by atoms with Gasteiger partial charge < -0.3 is 15.2 Å². The van der Waals surface area contributed by atoms with Crippen LogP contribution in [0.25, 0.3) is 0 Å². The summed E-state index contributed by atoms with van der Waals surface area (Å²) in [5.41, 5.74) is 0. The van der Waals surface area contributed by atoms with Crippen LogP contribution >= 0.6 is 0 Å². The fourth-order valence-electron chi connectivity index (χ4n) is 2.63. The molecule has 2 aliphatic heterocycles. The third-order valence-electron chi connectivity index (χ3n) is 3.71. The molecule has 0 amide bonds. The minimum absolute atomic E-state index is 0.209. The lowest BCUT2D eigenvalue weighted by atomic mass is 10.1. The Kier molecular flexibility index (Phi) is 5.58. The number of nitrogens with one attached hydrogen (secondary N) is 1. The average Bonchev–Trinajstić information content (AvgIpc) is 2.70. The molecule has 0 aromatic carbocycles. The van der Waals surface area contributed by atoms with E-state index in [1.807, 2.05) is 0 Å². The SMILES string of the molecule is O=S1(=O)CCC(CNCC(O)CN2CCOCC2)C1. The maximum atomic E-state index is 11.3. The van der Waals surface area contributed by atoms with Gasteiger partial charge in [0, 0.05) is 26.2 Å². The van der Waals surface area contributed by atoms with Crippen molar-refractivity contribution in [3.63, 3.8) is 0 Å². The van der Waals surface area contributed by atoms with E-state index >= 15 is 0 Å². The Bertz CT molecular complexity index is 368. The molecule has 0 aromatic heterocycles. The smallest absolute Gasteiger partial charge is 0.150 e.